The molecule has 1 amide bonds. The number of nitrogens with one attached hydrogen (secondary N) is 1. The largest absolute Gasteiger partial charge is 0.357 e. The van der Waals surface area contributed by atoms with Crippen LogP contribution in [0.25, 0.3) is 0 Å². The van der Waals surface area contributed by atoms with Gasteiger partial charge in [0.05, 0.1) is 0 Å². The van der Waals surface area contributed by atoms with Crippen molar-refractivity contribution in [2.24, 2.45) is 0 Å². The van der Waals surface area contributed by atoms with Gasteiger partial charge >= 0.3 is 0 Å². The summed E-state index contributed by atoms with van der Waals surface area (Å²) in [7, 11) is 1.56. The lowest BCUT2D eigenvalue weighted by Gasteiger charge is -1.95. The van der Waals surface area contributed by atoms with E-state index in [4.69, 9.17) is 4.74 Å². The van der Waals surface area contributed by atoms with Crippen molar-refractivity contribution in [2.45, 2.75) is 12.2 Å². The van der Waals surface area contributed by atoms with E-state index in [0.717, 1.165) is 5.56 Å². The quantitative estimate of drug-likeness (QED) is 0.715. The molecule has 1 saturated heterocycles. The average molecular weight is 195 g/mol. The number of amides is 1. The number of rotatable bonds is 2. The van der Waals surface area contributed by atoms with Crippen LogP contribution in [0.3, 0.4) is 0 Å². The van der Waals surface area contributed by atoms with E-state index in [1.165, 1.54) is 12.1 Å². The standard InChI is InChI=1S/C10H10FNO2/c1-12-10(13)9-8(14-9)6-2-4-7(11)5-3-6/h2-5,8-9H,1H3,(H,12,13)/t8-,9+/m0/s1. The van der Waals surface area contributed by atoms with Gasteiger partial charge in [-0.1, -0.05) is 12.1 Å². The van der Waals surface area contributed by atoms with Crippen molar-refractivity contribution in [1.29, 1.82) is 0 Å². The minimum absolute atomic E-state index is 0.140. The van der Waals surface area contributed by atoms with Gasteiger partial charge in [0.25, 0.3) is 5.91 Å². The molecule has 2 atom stereocenters. The Morgan fingerprint density at radius 3 is 2.64 bits per heavy atom. The van der Waals surface area contributed by atoms with Crippen molar-refractivity contribution >= 4 is 5.91 Å². The Morgan fingerprint density at radius 1 is 1.43 bits per heavy atom. The van der Waals surface area contributed by atoms with Crippen LogP contribution in [0, 0.1) is 5.82 Å². The molecule has 0 radical (unpaired) electrons. The minimum Gasteiger partial charge on any atom is -0.357 e. The van der Waals surface area contributed by atoms with Crippen LogP contribution in [0.2, 0.25) is 0 Å². The fourth-order valence-electron chi connectivity index (χ4n) is 1.36. The third-order valence-corrected chi connectivity index (χ3v) is 2.19. The maximum Gasteiger partial charge on any atom is 0.252 e. The smallest absolute Gasteiger partial charge is 0.252 e. The van der Waals surface area contributed by atoms with Gasteiger partial charge in [-0.15, -0.1) is 0 Å². The predicted octanol–water partition coefficient (Wildman–Crippen LogP) is 1.01. The molecule has 1 aromatic carbocycles. The van der Waals surface area contributed by atoms with Gasteiger partial charge in [0.15, 0.2) is 6.10 Å². The van der Waals surface area contributed by atoms with Crippen LogP contribution in [-0.4, -0.2) is 19.1 Å². The zero-order valence-electron chi connectivity index (χ0n) is 7.66. The van der Waals surface area contributed by atoms with E-state index < -0.39 is 6.10 Å². The van der Waals surface area contributed by atoms with Crippen molar-refractivity contribution < 1.29 is 13.9 Å². The second-order valence-corrected chi connectivity index (χ2v) is 3.14. The van der Waals surface area contributed by atoms with Gasteiger partial charge in [-0.3, -0.25) is 4.79 Å². The van der Waals surface area contributed by atoms with Crippen molar-refractivity contribution in [3.05, 3.63) is 35.6 Å². The van der Waals surface area contributed by atoms with Gasteiger partial charge in [0.1, 0.15) is 11.9 Å². The molecule has 0 aromatic heterocycles. The number of carbonyl (C=O) groups excluding carboxylic acids is 1. The zero-order chi connectivity index (χ0) is 10.1. The summed E-state index contributed by atoms with van der Waals surface area (Å²) in [6, 6.07) is 5.97. The third-order valence-electron chi connectivity index (χ3n) is 2.19. The summed E-state index contributed by atoms with van der Waals surface area (Å²) in [4.78, 5) is 11.1. The molecule has 4 heteroatoms. The van der Waals surface area contributed by atoms with Crippen LogP contribution in [0.5, 0.6) is 0 Å². The summed E-state index contributed by atoms with van der Waals surface area (Å²) in [6.07, 6.45) is -0.624. The highest BCUT2D eigenvalue weighted by Crippen LogP contribution is 2.38. The van der Waals surface area contributed by atoms with Gasteiger partial charge < -0.3 is 10.1 Å². The molecule has 1 aromatic rings. The van der Waals surface area contributed by atoms with Crippen molar-refractivity contribution in [2.75, 3.05) is 7.05 Å². The number of benzene rings is 1. The normalized spacial score (nSPS) is 24.4. The first-order chi connectivity index (χ1) is 6.72. The number of halogens is 1. The molecule has 0 saturated carbocycles. The maximum atomic E-state index is 12.6. The fourth-order valence-corrected chi connectivity index (χ4v) is 1.36. The molecule has 1 heterocycles. The van der Waals surface area contributed by atoms with Crippen LogP contribution < -0.4 is 5.32 Å². The predicted molar refractivity (Wildman–Crippen MR) is 48.1 cm³/mol. The highest BCUT2D eigenvalue weighted by atomic mass is 19.1. The molecule has 74 valence electrons. The lowest BCUT2D eigenvalue weighted by molar-refractivity contribution is -0.121. The van der Waals surface area contributed by atoms with Gasteiger partial charge in [0, 0.05) is 7.05 Å². The highest BCUT2D eigenvalue weighted by Gasteiger charge is 2.45. The van der Waals surface area contributed by atoms with Crippen molar-refractivity contribution in [1.82, 2.24) is 5.32 Å². The van der Waals surface area contributed by atoms with E-state index in [1.54, 1.807) is 19.2 Å². The van der Waals surface area contributed by atoms with Crippen LogP contribution in [0.4, 0.5) is 4.39 Å². The first-order valence-corrected chi connectivity index (χ1v) is 4.35. The summed E-state index contributed by atoms with van der Waals surface area (Å²) in [6.45, 7) is 0. The fraction of sp³-hybridized carbons (Fsp3) is 0.300. The molecule has 1 aliphatic rings. The lowest BCUT2D eigenvalue weighted by atomic mass is 10.1. The monoisotopic (exact) mass is 195 g/mol. The Kier molecular flexibility index (Phi) is 2.21. The SMILES string of the molecule is CNC(=O)[C@@H]1O[C@H]1c1ccc(F)cc1. The first-order valence-electron chi connectivity index (χ1n) is 4.35. The molecular weight excluding hydrogens is 185 g/mol. The number of likely N-dealkylation sites (N-methyl/N-ethyl adjacent to an activating group) is 1. The minimum atomic E-state index is -0.412. The van der Waals surface area contributed by atoms with Crippen molar-refractivity contribution in [3.63, 3.8) is 0 Å². The third kappa shape index (κ3) is 1.61. The van der Waals surface area contributed by atoms with E-state index in [9.17, 15) is 9.18 Å². The summed E-state index contributed by atoms with van der Waals surface area (Å²) in [5.74, 6) is -0.426. The molecule has 3 nitrogen and oxygen atoms in total. The van der Waals surface area contributed by atoms with Crippen LogP contribution >= 0.6 is 0 Å². The Balaban J connectivity index is 2.06. The first kappa shape index (κ1) is 9.15. The highest BCUT2D eigenvalue weighted by molar-refractivity contribution is 5.83. The second-order valence-electron chi connectivity index (χ2n) is 3.14. The molecule has 1 aliphatic heterocycles. The van der Waals surface area contributed by atoms with E-state index >= 15 is 0 Å². The number of hydrogen-bond donors (Lipinski definition) is 1. The number of ether oxygens (including phenoxy) is 1. The van der Waals surface area contributed by atoms with Gasteiger partial charge in [-0.25, -0.2) is 4.39 Å². The molecule has 1 N–H and O–H groups in total. The zero-order valence-corrected chi connectivity index (χ0v) is 7.66. The maximum absolute atomic E-state index is 12.6. The van der Waals surface area contributed by atoms with Gasteiger partial charge in [-0.05, 0) is 17.7 Å². The second kappa shape index (κ2) is 3.38. The van der Waals surface area contributed by atoms with E-state index in [2.05, 4.69) is 5.32 Å². The summed E-state index contributed by atoms with van der Waals surface area (Å²) in [5, 5.41) is 2.50. The molecule has 0 unspecified atom stereocenters. The Hall–Kier alpha value is -1.42. The summed E-state index contributed by atoms with van der Waals surface area (Å²) in [5.41, 5.74) is 0.833. The number of carbonyl (C=O) groups is 1. The molecule has 0 bridgehead atoms. The Bertz CT molecular complexity index is 350. The Labute approximate surface area is 80.9 Å². The number of hydrogen-bond acceptors (Lipinski definition) is 2. The molecular formula is C10H10FNO2. The van der Waals surface area contributed by atoms with E-state index in [-0.39, 0.29) is 17.8 Å². The Morgan fingerprint density at radius 2 is 2.07 bits per heavy atom. The summed E-state index contributed by atoms with van der Waals surface area (Å²) >= 11 is 0. The molecule has 1 fully saturated rings. The molecule has 0 spiro atoms. The molecule has 14 heavy (non-hydrogen) atoms. The van der Waals surface area contributed by atoms with Crippen LogP contribution in [0.15, 0.2) is 24.3 Å². The molecule has 2 rings (SSSR count). The topological polar surface area (TPSA) is 41.6 Å². The summed E-state index contributed by atoms with van der Waals surface area (Å²) < 4.78 is 17.7. The lowest BCUT2D eigenvalue weighted by Crippen LogP contribution is -2.23. The van der Waals surface area contributed by atoms with Crippen LogP contribution in [0.1, 0.15) is 11.7 Å². The van der Waals surface area contributed by atoms with E-state index in [1.807, 2.05) is 0 Å². The van der Waals surface area contributed by atoms with Crippen LogP contribution in [-0.2, 0) is 9.53 Å². The average Bonchev–Trinajstić information content (AvgIpc) is 2.98. The molecule has 0 aliphatic carbocycles. The number of epoxide rings is 1. The van der Waals surface area contributed by atoms with Crippen molar-refractivity contribution in [3.8, 4) is 0 Å². The van der Waals surface area contributed by atoms with Gasteiger partial charge in [0.2, 0.25) is 0 Å². The van der Waals surface area contributed by atoms with Gasteiger partial charge in [-0.2, -0.15) is 0 Å². The van der Waals surface area contributed by atoms with E-state index in [0.29, 0.717) is 0 Å².